The van der Waals surface area contributed by atoms with Crippen LogP contribution < -0.4 is 31.2 Å². The lowest BCUT2D eigenvalue weighted by Gasteiger charge is -2.34. The van der Waals surface area contributed by atoms with Crippen LogP contribution in [0, 0.1) is 6.92 Å². The Labute approximate surface area is 218 Å². The molecule has 10 nitrogen and oxygen atoms in total. The van der Waals surface area contributed by atoms with Gasteiger partial charge in [0.1, 0.15) is 24.1 Å². The summed E-state index contributed by atoms with van der Waals surface area (Å²) in [5, 5.41) is 2.98. The Balaban J connectivity index is 1.91. The van der Waals surface area contributed by atoms with E-state index < -0.39 is 29.3 Å². The molecule has 5 N–H and O–H groups in total. The Morgan fingerprint density at radius 1 is 1.05 bits per heavy atom. The van der Waals surface area contributed by atoms with Crippen molar-refractivity contribution >= 4 is 40.6 Å². The minimum atomic E-state index is -1.09. The number of hydrogen-bond acceptors (Lipinski definition) is 8. The largest absolute Gasteiger partial charge is 0.486 e. The summed E-state index contributed by atoms with van der Waals surface area (Å²) in [5.41, 5.74) is 12.5. The van der Waals surface area contributed by atoms with Crippen LogP contribution >= 0.6 is 11.5 Å². The summed E-state index contributed by atoms with van der Waals surface area (Å²) in [6, 6.07) is 11.2. The van der Waals surface area contributed by atoms with Crippen LogP contribution in [0.2, 0.25) is 0 Å². The third-order valence-electron chi connectivity index (χ3n) is 5.58. The summed E-state index contributed by atoms with van der Waals surface area (Å²) in [5.74, 6) is -0.900. The second-order valence-corrected chi connectivity index (χ2v) is 10.5. The minimum Gasteiger partial charge on any atom is -0.486 e. The molecule has 11 heteroatoms. The topological polar surface area (TPSA) is 150 Å². The molecule has 1 aromatic heterocycles. The summed E-state index contributed by atoms with van der Waals surface area (Å²) in [6.07, 6.45) is 0. The number of aromatic nitrogens is 1. The Morgan fingerprint density at radius 2 is 1.70 bits per heavy atom. The fraction of sp³-hybridized carbons (Fsp3) is 0.308. The molecule has 0 unspecified atom stereocenters. The molecule has 0 bridgehead atoms. The molecule has 0 saturated heterocycles. The van der Waals surface area contributed by atoms with Gasteiger partial charge in [0, 0.05) is 17.3 Å². The van der Waals surface area contributed by atoms with Crippen molar-refractivity contribution < 1.29 is 23.9 Å². The average Bonchev–Trinajstić information content (AvgIpc) is 3.23. The van der Waals surface area contributed by atoms with E-state index in [1.165, 1.54) is 4.90 Å². The van der Waals surface area contributed by atoms with Crippen molar-refractivity contribution in [2.75, 3.05) is 23.8 Å². The van der Waals surface area contributed by atoms with Gasteiger partial charge in [-0.2, -0.15) is 4.37 Å². The van der Waals surface area contributed by atoms with E-state index >= 15 is 0 Å². The second kappa shape index (κ2) is 10.1. The smallest absolute Gasteiger partial charge is 0.273 e. The first kappa shape index (κ1) is 26.0. The molecule has 0 spiro atoms. The number of nitrogens with two attached hydrogens (primary N) is 2. The highest BCUT2D eigenvalue weighted by atomic mass is 32.1. The Hall–Kier alpha value is -4.12. The molecule has 0 fully saturated rings. The van der Waals surface area contributed by atoms with Gasteiger partial charge in [-0.05, 0) is 56.9 Å². The molecule has 1 atom stereocenters. The van der Waals surface area contributed by atoms with Crippen LogP contribution in [0.5, 0.6) is 11.5 Å². The van der Waals surface area contributed by atoms with Crippen molar-refractivity contribution in [2.45, 2.75) is 39.3 Å². The van der Waals surface area contributed by atoms with E-state index in [1.807, 2.05) is 39.8 Å². The molecule has 3 aromatic rings. The molecular weight excluding hydrogens is 494 g/mol. The van der Waals surface area contributed by atoms with Gasteiger partial charge in [-0.3, -0.25) is 19.3 Å². The molecular formula is C26H29N5O5S. The molecule has 1 aliphatic heterocycles. The van der Waals surface area contributed by atoms with Gasteiger partial charge in [-0.25, -0.2) is 0 Å². The molecule has 0 aliphatic carbocycles. The Bertz CT molecular complexity index is 1350. The SMILES string of the molecule is Cc1ccc([C@@H](C(=O)NC(C)(C)C)N(C(=O)c2snc(C(N)=O)c2N)c2ccc3c(c2)OCCO3)cc1. The number of nitrogen functional groups attached to an aromatic ring is 1. The van der Waals surface area contributed by atoms with Crippen molar-refractivity contribution in [2.24, 2.45) is 5.73 Å². The van der Waals surface area contributed by atoms with Crippen LogP contribution in [-0.4, -0.2) is 40.8 Å². The zero-order valence-electron chi connectivity index (χ0n) is 21.0. The van der Waals surface area contributed by atoms with Gasteiger partial charge in [0.15, 0.2) is 17.2 Å². The molecule has 3 amide bonds. The molecule has 4 rings (SSSR count). The maximum Gasteiger partial charge on any atom is 0.273 e. The lowest BCUT2D eigenvalue weighted by atomic mass is 9.99. The highest BCUT2D eigenvalue weighted by Crippen LogP contribution is 2.39. The van der Waals surface area contributed by atoms with Crippen molar-refractivity contribution in [3.05, 3.63) is 64.2 Å². The van der Waals surface area contributed by atoms with Crippen LogP contribution in [0.15, 0.2) is 42.5 Å². The summed E-state index contributed by atoms with van der Waals surface area (Å²) in [6.45, 7) is 8.25. The lowest BCUT2D eigenvalue weighted by Crippen LogP contribution is -2.49. The molecule has 1 aliphatic rings. The predicted molar refractivity (Wildman–Crippen MR) is 141 cm³/mol. The molecule has 2 aromatic carbocycles. The standard InChI is InChI=1S/C26H29N5O5S/c1-14-5-7-15(8-6-14)21(24(33)29-26(2,3)4)31(16-9-10-17-18(13-16)36-12-11-35-17)25(34)22-19(27)20(23(28)32)30-37-22/h5-10,13,21H,11-12,27H2,1-4H3,(H2,28,32)(H,29,33)/t21-/m0/s1. The van der Waals surface area contributed by atoms with Crippen LogP contribution in [0.4, 0.5) is 11.4 Å². The number of primary amides is 1. The van der Waals surface area contributed by atoms with Gasteiger partial charge >= 0.3 is 0 Å². The number of benzene rings is 2. The number of amides is 3. The number of rotatable bonds is 6. The third kappa shape index (κ3) is 5.51. The Morgan fingerprint density at radius 3 is 2.30 bits per heavy atom. The predicted octanol–water partition coefficient (Wildman–Crippen LogP) is 3.21. The Kier molecular flexibility index (Phi) is 7.08. The van der Waals surface area contributed by atoms with Gasteiger partial charge < -0.3 is 26.3 Å². The first-order valence-corrected chi connectivity index (χ1v) is 12.4. The molecule has 0 saturated carbocycles. The zero-order chi connectivity index (χ0) is 26.9. The van der Waals surface area contributed by atoms with E-state index in [0.29, 0.717) is 36.0 Å². The van der Waals surface area contributed by atoms with E-state index in [-0.39, 0.29) is 16.3 Å². The van der Waals surface area contributed by atoms with E-state index in [4.69, 9.17) is 20.9 Å². The number of aryl methyl sites for hydroxylation is 1. The lowest BCUT2D eigenvalue weighted by molar-refractivity contribution is -0.123. The highest BCUT2D eigenvalue weighted by Gasteiger charge is 2.37. The fourth-order valence-corrected chi connectivity index (χ4v) is 4.65. The number of nitrogens with one attached hydrogen (secondary N) is 1. The summed E-state index contributed by atoms with van der Waals surface area (Å²) in [7, 11) is 0. The molecule has 2 heterocycles. The number of carbonyl (C=O) groups excluding carboxylic acids is 3. The monoisotopic (exact) mass is 523 g/mol. The van der Waals surface area contributed by atoms with Gasteiger partial charge in [-0.1, -0.05) is 29.8 Å². The van der Waals surface area contributed by atoms with Crippen molar-refractivity contribution in [3.63, 3.8) is 0 Å². The van der Waals surface area contributed by atoms with Gasteiger partial charge in [-0.15, -0.1) is 0 Å². The van der Waals surface area contributed by atoms with Crippen LogP contribution in [0.25, 0.3) is 0 Å². The quantitative estimate of drug-likeness (QED) is 0.449. The zero-order valence-corrected chi connectivity index (χ0v) is 21.8. The maximum atomic E-state index is 14.1. The van der Waals surface area contributed by atoms with Crippen molar-refractivity contribution in [1.82, 2.24) is 9.69 Å². The normalized spacial score (nSPS) is 13.5. The first-order valence-electron chi connectivity index (χ1n) is 11.6. The number of hydrogen-bond donors (Lipinski definition) is 3. The number of carbonyl (C=O) groups is 3. The summed E-state index contributed by atoms with van der Waals surface area (Å²) < 4.78 is 15.4. The van der Waals surface area contributed by atoms with Crippen molar-refractivity contribution in [1.29, 1.82) is 0 Å². The number of fused-ring (bicyclic) bond motifs is 1. The summed E-state index contributed by atoms with van der Waals surface area (Å²) in [4.78, 5) is 41.0. The second-order valence-electron chi connectivity index (χ2n) is 9.69. The molecule has 37 heavy (non-hydrogen) atoms. The first-order chi connectivity index (χ1) is 17.5. The number of ether oxygens (including phenoxy) is 2. The number of nitrogens with zero attached hydrogens (tertiary/aromatic N) is 2. The van der Waals surface area contributed by atoms with E-state index in [9.17, 15) is 14.4 Å². The average molecular weight is 524 g/mol. The van der Waals surface area contributed by atoms with Crippen molar-refractivity contribution in [3.8, 4) is 11.5 Å². The van der Waals surface area contributed by atoms with Gasteiger partial charge in [0.2, 0.25) is 5.91 Å². The van der Waals surface area contributed by atoms with Gasteiger partial charge in [0.25, 0.3) is 11.8 Å². The van der Waals surface area contributed by atoms with Crippen LogP contribution in [0.3, 0.4) is 0 Å². The summed E-state index contributed by atoms with van der Waals surface area (Å²) >= 11 is 0.750. The number of anilines is 2. The fourth-order valence-electron chi connectivity index (χ4n) is 3.91. The van der Waals surface area contributed by atoms with E-state index in [2.05, 4.69) is 9.69 Å². The molecule has 194 valence electrons. The highest BCUT2D eigenvalue weighted by molar-refractivity contribution is 7.09. The van der Waals surface area contributed by atoms with E-state index in [1.54, 1.807) is 30.3 Å². The molecule has 0 radical (unpaired) electrons. The van der Waals surface area contributed by atoms with Crippen LogP contribution in [0.1, 0.15) is 58.1 Å². The minimum absolute atomic E-state index is 0.00985. The van der Waals surface area contributed by atoms with E-state index in [0.717, 1.165) is 17.1 Å². The maximum absolute atomic E-state index is 14.1. The third-order valence-corrected chi connectivity index (χ3v) is 6.43. The van der Waals surface area contributed by atoms with Gasteiger partial charge in [0.05, 0.1) is 5.69 Å². The van der Waals surface area contributed by atoms with Crippen LogP contribution in [-0.2, 0) is 4.79 Å².